The maximum Gasteiger partial charge on any atom is 0.270 e. The Morgan fingerprint density at radius 2 is 1.74 bits per heavy atom. The second-order valence-corrected chi connectivity index (χ2v) is 3.96. The predicted molar refractivity (Wildman–Crippen MR) is 75.0 cm³/mol. The first kappa shape index (κ1) is 12.8. The molecule has 0 saturated carbocycles. The van der Waals surface area contributed by atoms with E-state index in [2.05, 4.69) is 0 Å². The number of nitro groups is 1. The van der Waals surface area contributed by atoms with Crippen molar-refractivity contribution in [1.82, 2.24) is 0 Å². The average Bonchev–Trinajstić information content (AvgIpc) is 2.46. The van der Waals surface area contributed by atoms with E-state index in [0.717, 1.165) is 16.9 Å². The van der Waals surface area contributed by atoms with Crippen molar-refractivity contribution in [3.05, 3.63) is 69.8 Å². The first-order valence-corrected chi connectivity index (χ1v) is 5.75. The number of hydrogen-bond acceptors (Lipinski definition) is 3. The first-order chi connectivity index (χ1) is 9.19. The maximum atomic E-state index is 10.7. The lowest BCUT2D eigenvalue weighted by molar-refractivity contribution is -0.384. The van der Waals surface area contributed by atoms with Crippen LogP contribution in [-0.2, 0) is 0 Å². The van der Waals surface area contributed by atoms with Gasteiger partial charge in [-0.3, -0.25) is 10.1 Å². The zero-order valence-electron chi connectivity index (χ0n) is 10.4. The monoisotopic (exact) mass is 255 g/mol. The van der Waals surface area contributed by atoms with Crippen LogP contribution in [0.4, 0.5) is 5.69 Å². The molecule has 0 aliphatic carbocycles. The van der Waals surface area contributed by atoms with E-state index in [1.165, 1.54) is 6.07 Å². The van der Waals surface area contributed by atoms with E-state index in [-0.39, 0.29) is 5.69 Å². The van der Waals surface area contributed by atoms with Crippen LogP contribution in [0, 0.1) is 10.1 Å². The highest BCUT2D eigenvalue weighted by atomic mass is 16.6. The number of nitro benzene ring substituents is 1. The van der Waals surface area contributed by atoms with E-state index in [4.69, 9.17) is 4.74 Å². The summed E-state index contributed by atoms with van der Waals surface area (Å²) >= 11 is 0. The van der Waals surface area contributed by atoms with Gasteiger partial charge in [0.15, 0.2) is 0 Å². The Kier molecular flexibility index (Phi) is 3.93. The van der Waals surface area contributed by atoms with E-state index in [9.17, 15) is 10.1 Å². The zero-order valence-corrected chi connectivity index (χ0v) is 10.4. The van der Waals surface area contributed by atoms with Crippen molar-refractivity contribution in [3.63, 3.8) is 0 Å². The van der Waals surface area contributed by atoms with Gasteiger partial charge in [-0.05, 0) is 23.3 Å². The summed E-state index contributed by atoms with van der Waals surface area (Å²) in [4.78, 5) is 10.3. The Labute approximate surface area is 111 Å². The summed E-state index contributed by atoms with van der Waals surface area (Å²) in [7, 11) is 1.62. The molecule has 19 heavy (non-hydrogen) atoms. The maximum absolute atomic E-state index is 10.7. The molecule has 0 amide bonds. The van der Waals surface area contributed by atoms with Crippen LogP contribution in [0.5, 0.6) is 5.75 Å². The van der Waals surface area contributed by atoms with Crippen LogP contribution in [0.3, 0.4) is 0 Å². The number of rotatable bonds is 4. The lowest BCUT2D eigenvalue weighted by atomic mass is 10.1. The minimum absolute atomic E-state index is 0.0943. The lowest BCUT2D eigenvalue weighted by Gasteiger charge is -1.99. The van der Waals surface area contributed by atoms with Crippen molar-refractivity contribution < 1.29 is 9.66 Å². The van der Waals surface area contributed by atoms with Gasteiger partial charge in [-0.2, -0.15) is 0 Å². The van der Waals surface area contributed by atoms with E-state index < -0.39 is 4.92 Å². The zero-order chi connectivity index (χ0) is 13.7. The molecular formula is C15H13NO3. The molecule has 0 saturated heterocycles. The Morgan fingerprint density at radius 3 is 2.37 bits per heavy atom. The molecule has 0 heterocycles. The molecule has 0 fully saturated rings. The smallest absolute Gasteiger partial charge is 0.270 e. The van der Waals surface area contributed by atoms with Crippen molar-refractivity contribution in [2.24, 2.45) is 0 Å². The molecule has 4 nitrogen and oxygen atoms in total. The molecule has 0 aliphatic rings. The third-order valence-corrected chi connectivity index (χ3v) is 2.67. The van der Waals surface area contributed by atoms with Gasteiger partial charge < -0.3 is 4.74 Å². The van der Waals surface area contributed by atoms with Gasteiger partial charge in [-0.15, -0.1) is 0 Å². The minimum atomic E-state index is -0.398. The van der Waals surface area contributed by atoms with Gasteiger partial charge in [0.25, 0.3) is 5.69 Å². The number of non-ortho nitro benzene ring substituents is 1. The molecule has 0 aromatic heterocycles. The van der Waals surface area contributed by atoms with Gasteiger partial charge >= 0.3 is 0 Å². The topological polar surface area (TPSA) is 52.4 Å². The standard InChI is InChI=1S/C15H13NO3/c1-19-15-9-7-12(8-10-15)5-6-13-3-2-4-14(11-13)16(17)18/h2-11H,1H3/b6-5+. The lowest BCUT2D eigenvalue weighted by Crippen LogP contribution is -1.87. The molecule has 0 aliphatic heterocycles. The first-order valence-electron chi connectivity index (χ1n) is 5.75. The van der Waals surface area contributed by atoms with Crippen LogP contribution in [0.2, 0.25) is 0 Å². The van der Waals surface area contributed by atoms with Crippen LogP contribution >= 0.6 is 0 Å². The van der Waals surface area contributed by atoms with Gasteiger partial charge in [-0.1, -0.05) is 36.4 Å². The van der Waals surface area contributed by atoms with Crippen LogP contribution < -0.4 is 4.74 Å². The SMILES string of the molecule is COc1ccc(/C=C/c2cccc([N+](=O)[O-])c2)cc1. The summed E-state index contributed by atoms with van der Waals surface area (Å²) in [5, 5.41) is 10.7. The summed E-state index contributed by atoms with van der Waals surface area (Å²) in [5.74, 6) is 0.799. The predicted octanol–water partition coefficient (Wildman–Crippen LogP) is 3.77. The van der Waals surface area contributed by atoms with E-state index in [1.54, 1.807) is 19.2 Å². The molecule has 96 valence electrons. The normalized spacial score (nSPS) is 10.6. The molecule has 0 N–H and O–H groups in total. The summed E-state index contributed by atoms with van der Waals surface area (Å²) in [5.41, 5.74) is 1.90. The number of hydrogen-bond donors (Lipinski definition) is 0. The number of methoxy groups -OCH3 is 1. The van der Waals surface area contributed by atoms with Crippen molar-refractivity contribution in [1.29, 1.82) is 0 Å². The molecule has 0 atom stereocenters. The highest BCUT2D eigenvalue weighted by Crippen LogP contribution is 2.17. The fourth-order valence-corrected chi connectivity index (χ4v) is 1.65. The molecule has 0 spiro atoms. The Morgan fingerprint density at radius 1 is 1.05 bits per heavy atom. The van der Waals surface area contributed by atoms with E-state index in [1.807, 2.05) is 42.5 Å². The number of nitrogens with zero attached hydrogens (tertiary/aromatic N) is 1. The van der Waals surface area contributed by atoms with Crippen LogP contribution in [0.15, 0.2) is 48.5 Å². The minimum Gasteiger partial charge on any atom is -0.497 e. The highest BCUT2D eigenvalue weighted by Gasteiger charge is 2.03. The molecule has 2 rings (SSSR count). The van der Waals surface area contributed by atoms with Crippen molar-refractivity contribution in [3.8, 4) is 5.75 Å². The van der Waals surface area contributed by atoms with E-state index >= 15 is 0 Å². The summed E-state index contributed by atoms with van der Waals surface area (Å²) in [6, 6.07) is 14.1. The van der Waals surface area contributed by atoms with Crippen molar-refractivity contribution >= 4 is 17.8 Å². The third-order valence-electron chi connectivity index (χ3n) is 2.67. The van der Waals surface area contributed by atoms with Gasteiger partial charge in [0.05, 0.1) is 12.0 Å². The van der Waals surface area contributed by atoms with Crippen LogP contribution in [-0.4, -0.2) is 12.0 Å². The second kappa shape index (κ2) is 5.82. The number of benzene rings is 2. The van der Waals surface area contributed by atoms with Crippen LogP contribution in [0.1, 0.15) is 11.1 Å². The van der Waals surface area contributed by atoms with Crippen LogP contribution in [0.25, 0.3) is 12.2 Å². The molecule has 0 unspecified atom stereocenters. The number of ether oxygens (including phenoxy) is 1. The summed E-state index contributed by atoms with van der Waals surface area (Å²) in [6.45, 7) is 0. The fraction of sp³-hybridized carbons (Fsp3) is 0.0667. The Bertz CT molecular complexity index is 603. The van der Waals surface area contributed by atoms with Gasteiger partial charge in [-0.25, -0.2) is 0 Å². The summed E-state index contributed by atoms with van der Waals surface area (Å²) in [6.07, 6.45) is 3.74. The Balaban J connectivity index is 2.17. The highest BCUT2D eigenvalue weighted by molar-refractivity contribution is 5.70. The average molecular weight is 255 g/mol. The molecular weight excluding hydrogens is 242 g/mol. The Hall–Kier alpha value is -2.62. The van der Waals surface area contributed by atoms with Gasteiger partial charge in [0.1, 0.15) is 5.75 Å². The fourth-order valence-electron chi connectivity index (χ4n) is 1.65. The quantitative estimate of drug-likeness (QED) is 0.474. The van der Waals surface area contributed by atoms with E-state index in [0.29, 0.717) is 0 Å². The van der Waals surface area contributed by atoms with Crippen molar-refractivity contribution in [2.75, 3.05) is 7.11 Å². The molecule has 0 bridgehead atoms. The largest absolute Gasteiger partial charge is 0.497 e. The molecule has 2 aromatic carbocycles. The molecule has 2 aromatic rings. The van der Waals surface area contributed by atoms with Gasteiger partial charge in [0.2, 0.25) is 0 Å². The van der Waals surface area contributed by atoms with Crippen molar-refractivity contribution in [2.45, 2.75) is 0 Å². The molecule has 0 radical (unpaired) electrons. The molecule has 4 heteroatoms. The second-order valence-electron chi connectivity index (χ2n) is 3.96. The third kappa shape index (κ3) is 3.42. The summed E-state index contributed by atoms with van der Waals surface area (Å²) < 4.78 is 5.07. The van der Waals surface area contributed by atoms with Gasteiger partial charge in [0, 0.05) is 12.1 Å².